The van der Waals surface area contributed by atoms with E-state index in [0.717, 1.165) is 29.6 Å². The smallest absolute Gasteiger partial charge is 0.225 e. The quantitative estimate of drug-likeness (QED) is 0.938. The number of carbonyl (C=O) groups excluding carboxylic acids is 1. The van der Waals surface area contributed by atoms with Crippen LogP contribution in [-0.2, 0) is 11.3 Å². The van der Waals surface area contributed by atoms with Crippen molar-refractivity contribution in [1.29, 1.82) is 0 Å². The molecule has 2 atom stereocenters. The molecule has 1 aromatic carbocycles. The first-order chi connectivity index (χ1) is 11.6. The largest absolute Gasteiger partial charge is 0.459 e. The lowest BCUT2D eigenvalue weighted by atomic mass is 9.65. The lowest BCUT2D eigenvalue weighted by Gasteiger charge is -2.44. The SMILES string of the molecule is CN(Cc1cc2ccccc2o1)C(=O)C1CC2CCCC(C1)C2N. The van der Waals surface area contributed by atoms with E-state index in [1.165, 1.54) is 19.3 Å². The molecule has 2 aromatic rings. The Hall–Kier alpha value is -1.81. The molecule has 4 heteroatoms. The number of nitrogens with two attached hydrogens (primary N) is 1. The van der Waals surface area contributed by atoms with Crippen LogP contribution in [0.3, 0.4) is 0 Å². The molecule has 4 nitrogen and oxygen atoms in total. The summed E-state index contributed by atoms with van der Waals surface area (Å²) in [4.78, 5) is 14.7. The second-order valence-electron chi connectivity index (χ2n) is 7.64. The molecular formula is C20H26N2O2. The third kappa shape index (κ3) is 2.84. The van der Waals surface area contributed by atoms with Crippen LogP contribution in [0.5, 0.6) is 0 Å². The van der Waals surface area contributed by atoms with Crippen LogP contribution in [-0.4, -0.2) is 23.9 Å². The van der Waals surface area contributed by atoms with Gasteiger partial charge in [0.1, 0.15) is 11.3 Å². The van der Waals surface area contributed by atoms with E-state index in [0.29, 0.717) is 24.4 Å². The van der Waals surface area contributed by atoms with Gasteiger partial charge in [-0.1, -0.05) is 24.6 Å². The summed E-state index contributed by atoms with van der Waals surface area (Å²) in [7, 11) is 1.89. The Labute approximate surface area is 143 Å². The predicted molar refractivity (Wildman–Crippen MR) is 94.2 cm³/mol. The van der Waals surface area contributed by atoms with Gasteiger partial charge in [0.05, 0.1) is 6.54 Å². The monoisotopic (exact) mass is 326 g/mol. The van der Waals surface area contributed by atoms with E-state index < -0.39 is 0 Å². The number of hydrogen-bond acceptors (Lipinski definition) is 3. The highest BCUT2D eigenvalue weighted by atomic mass is 16.3. The van der Waals surface area contributed by atoms with Crippen LogP contribution in [0.2, 0.25) is 0 Å². The van der Waals surface area contributed by atoms with Crippen molar-refractivity contribution in [2.75, 3.05) is 7.05 Å². The van der Waals surface area contributed by atoms with E-state index >= 15 is 0 Å². The average molecular weight is 326 g/mol. The molecule has 2 aliphatic rings. The van der Waals surface area contributed by atoms with Gasteiger partial charge in [0, 0.05) is 24.4 Å². The number of amides is 1. The first kappa shape index (κ1) is 15.7. The maximum Gasteiger partial charge on any atom is 0.225 e. The zero-order valence-corrected chi connectivity index (χ0v) is 14.3. The summed E-state index contributed by atoms with van der Waals surface area (Å²) < 4.78 is 5.85. The number of carbonyl (C=O) groups is 1. The van der Waals surface area contributed by atoms with E-state index in [2.05, 4.69) is 0 Å². The highest BCUT2D eigenvalue weighted by Gasteiger charge is 2.41. The summed E-state index contributed by atoms with van der Waals surface area (Å²) >= 11 is 0. The number of nitrogens with zero attached hydrogens (tertiary/aromatic N) is 1. The van der Waals surface area contributed by atoms with E-state index in [1.54, 1.807) is 0 Å². The van der Waals surface area contributed by atoms with Crippen LogP contribution in [0.1, 0.15) is 37.9 Å². The summed E-state index contributed by atoms with van der Waals surface area (Å²) in [6.07, 6.45) is 5.57. The minimum absolute atomic E-state index is 0.134. The summed E-state index contributed by atoms with van der Waals surface area (Å²) in [6.45, 7) is 0.533. The predicted octanol–water partition coefficient (Wildman–Crippen LogP) is 3.54. The zero-order chi connectivity index (χ0) is 16.7. The Morgan fingerprint density at radius 2 is 1.96 bits per heavy atom. The fourth-order valence-corrected chi connectivity index (χ4v) is 4.73. The molecule has 1 aromatic heterocycles. The molecule has 0 saturated heterocycles. The number of para-hydroxylation sites is 1. The topological polar surface area (TPSA) is 59.5 Å². The third-order valence-corrected chi connectivity index (χ3v) is 6.01. The summed E-state index contributed by atoms with van der Waals surface area (Å²) in [5, 5.41) is 1.09. The van der Waals surface area contributed by atoms with Crippen LogP contribution in [0, 0.1) is 17.8 Å². The molecule has 24 heavy (non-hydrogen) atoms. The molecule has 0 spiro atoms. The van der Waals surface area contributed by atoms with Crippen molar-refractivity contribution in [3.05, 3.63) is 36.1 Å². The van der Waals surface area contributed by atoms with Gasteiger partial charge in [0.25, 0.3) is 0 Å². The number of benzene rings is 1. The second-order valence-corrected chi connectivity index (χ2v) is 7.64. The molecule has 2 saturated carbocycles. The van der Waals surface area contributed by atoms with E-state index in [4.69, 9.17) is 10.2 Å². The van der Waals surface area contributed by atoms with Gasteiger partial charge in [-0.25, -0.2) is 0 Å². The minimum Gasteiger partial charge on any atom is -0.459 e. The lowest BCUT2D eigenvalue weighted by Crippen LogP contribution is -2.49. The van der Waals surface area contributed by atoms with E-state index in [-0.39, 0.29) is 11.8 Å². The van der Waals surface area contributed by atoms with Gasteiger partial charge in [-0.15, -0.1) is 0 Å². The van der Waals surface area contributed by atoms with Crippen LogP contribution >= 0.6 is 0 Å². The number of hydrogen-bond donors (Lipinski definition) is 1. The van der Waals surface area contributed by atoms with Crippen molar-refractivity contribution in [1.82, 2.24) is 4.90 Å². The van der Waals surface area contributed by atoms with E-state index in [9.17, 15) is 4.79 Å². The number of furan rings is 1. The third-order valence-electron chi connectivity index (χ3n) is 6.01. The Balaban J connectivity index is 1.44. The fraction of sp³-hybridized carbons (Fsp3) is 0.550. The highest BCUT2D eigenvalue weighted by molar-refractivity contribution is 5.80. The normalized spacial score (nSPS) is 29.6. The maximum atomic E-state index is 12.9. The molecule has 2 N–H and O–H groups in total. The molecule has 1 heterocycles. The molecule has 2 bridgehead atoms. The van der Waals surface area contributed by atoms with Crippen LogP contribution in [0.4, 0.5) is 0 Å². The number of rotatable bonds is 3. The summed E-state index contributed by atoms with van der Waals surface area (Å²) in [5.74, 6) is 2.30. The molecule has 0 aliphatic heterocycles. The van der Waals surface area contributed by atoms with Crippen LogP contribution < -0.4 is 5.73 Å². The molecule has 2 unspecified atom stereocenters. The van der Waals surface area contributed by atoms with Crippen molar-refractivity contribution < 1.29 is 9.21 Å². The zero-order valence-electron chi connectivity index (χ0n) is 14.3. The standard InChI is InChI=1S/C20H26N2O2/c1-22(12-17-11-13-5-2-3-8-18(13)24-17)20(23)16-9-14-6-4-7-15(10-16)19(14)21/h2-3,5,8,11,14-16,19H,4,6-7,9-10,12,21H2,1H3. The Morgan fingerprint density at radius 1 is 1.25 bits per heavy atom. The van der Waals surface area contributed by atoms with Crippen molar-refractivity contribution in [3.63, 3.8) is 0 Å². The summed E-state index contributed by atoms with van der Waals surface area (Å²) in [6, 6.07) is 10.3. The Kier molecular flexibility index (Phi) is 4.09. The first-order valence-electron chi connectivity index (χ1n) is 9.10. The highest BCUT2D eigenvalue weighted by Crippen LogP contribution is 2.42. The van der Waals surface area contributed by atoms with Crippen molar-refractivity contribution in [2.45, 2.75) is 44.7 Å². The molecule has 0 radical (unpaired) electrons. The van der Waals surface area contributed by atoms with Crippen molar-refractivity contribution in [2.24, 2.45) is 23.5 Å². The first-order valence-corrected chi connectivity index (χ1v) is 9.10. The molecule has 4 rings (SSSR count). The van der Waals surface area contributed by atoms with Crippen LogP contribution in [0.15, 0.2) is 34.7 Å². The van der Waals surface area contributed by atoms with Gasteiger partial charge < -0.3 is 15.1 Å². The molecular weight excluding hydrogens is 300 g/mol. The average Bonchev–Trinajstić information content (AvgIpc) is 2.96. The maximum absolute atomic E-state index is 12.9. The minimum atomic E-state index is 0.134. The number of fused-ring (bicyclic) bond motifs is 3. The van der Waals surface area contributed by atoms with Gasteiger partial charge in [-0.3, -0.25) is 4.79 Å². The fourth-order valence-electron chi connectivity index (χ4n) is 4.73. The van der Waals surface area contributed by atoms with Gasteiger partial charge in [-0.05, 0) is 49.7 Å². The second kappa shape index (κ2) is 6.25. The van der Waals surface area contributed by atoms with Gasteiger partial charge in [-0.2, -0.15) is 0 Å². The Bertz CT molecular complexity index is 691. The van der Waals surface area contributed by atoms with Gasteiger partial charge >= 0.3 is 0 Å². The lowest BCUT2D eigenvalue weighted by molar-refractivity contribution is -0.138. The summed E-state index contributed by atoms with van der Waals surface area (Å²) in [5.41, 5.74) is 7.23. The van der Waals surface area contributed by atoms with Crippen LogP contribution in [0.25, 0.3) is 11.0 Å². The van der Waals surface area contributed by atoms with Crippen molar-refractivity contribution in [3.8, 4) is 0 Å². The van der Waals surface area contributed by atoms with Gasteiger partial charge in [0.15, 0.2) is 0 Å². The molecule has 1 amide bonds. The van der Waals surface area contributed by atoms with E-state index in [1.807, 2.05) is 42.3 Å². The molecule has 2 aliphatic carbocycles. The van der Waals surface area contributed by atoms with Crippen molar-refractivity contribution >= 4 is 16.9 Å². The molecule has 128 valence electrons. The van der Waals surface area contributed by atoms with Gasteiger partial charge in [0.2, 0.25) is 5.91 Å². The Morgan fingerprint density at radius 3 is 2.67 bits per heavy atom. The molecule has 2 fully saturated rings.